The molecule has 1 aliphatic heterocycles. The van der Waals surface area contributed by atoms with Crippen molar-refractivity contribution >= 4 is 29.7 Å². The van der Waals surface area contributed by atoms with Crippen LogP contribution in [0.15, 0.2) is 0 Å². The fourth-order valence-corrected chi connectivity index (χ4v) is 3.11. The minimum atomic E-state index is -0.797. The Hall–Kier alpha value is -1.28. The van der Waals surface area contributed by atoms with Crippen LogP contribution in [0, 0.1) is 0 Å². The fraction of sp³-hybridized carbons (Fsp3) is 0.786. The van der Waals surface area contributed by atoms with Crippen LogP contribution in [0.2, 0.25) is 0 Å². The van der Waals surface area contributed by atoms with Gasteiger partial charge in [0.2, 0.25) is 0 Å². The molecule has 0 radical (unpaired) electrons. The van der Waals surface area contributed by atoms with Crippen LogP contribution >= 0.6 is 11.8 Å². The lowest BCUT2D eigenvalue weighted by atomic mass is 10.0. The second-order valence-electron chi connectivity index (χ2n) is 4.82. The summed E-state index contributed by atoms with van der Waals surface area (Å²) in [6, 6.07) is 0. The summed E-state index contributed by atoms with van der Waals surface area (Å²) in [5.74, 6) is -0.620. The summed E-state index contributed by atoms with van der Waals surface area (Å²) in [4.78, 5) is 33.6. The van der Waals surface area contributed by atoms with Crippen molar-refractivity contribution in [1.82, 2.24) is 0 Å². The van der Waals surface area contributed by atoms with E-state index in [1.807, 2.05) is 6.92 Å². The van der Waals surface area contributed by atoms with Crippen LogP contribution in [0.25, 0.3) is 0 Å². The predicted octanol–water partition coefficient (Wildman–Crippen LogP) is 1.28. The first kappa shape index (κ1) is 18.8. The quantitative estimate of drug-likeness (QED) is 0.530. The summed E-state index contributed by atoms with van der Waals surface area (Å²) < 4.78 is 21.3. The lowest BCUT2D eigenvalue weighted by molar-refractivity contribution is -0.204. The van der Waals surface area contributed by atoms with E-state index < -0.39 is 36.2 Å². The molecule has 1 aliphatic rings. The molecule has 0 spiro atoms. The molecular weight excluding hydrogens is 312 g/mol. The van der Waals surface area contributed by atoms with Crippen molar-refractivity contribution in [3.63, 3.8) is 0 Å². The van der Waals surface area contributed by atoms with E-state index >= 15 is 0 Å². The normalized spacial score (nSPS) is 27.8. The zero-order chi connectivity index (χ0) is 16.7. The smallest absolute Gasteiger partial charge is 0.303 e. The minimum absolute atomic E-state index is 0.0637. The monoisotopic (exact) mass is 334 g/mol. The van der Waals surface area contributed by atoms with Gasteiger partial charge in [0.1, 0.15) is 24.3 Å². The van der Waals surface area contributed by atoms with Crippen LogP contribution in [-0.2, 0) is 33.3 Å². The van der Waals surface area contributed by atoms with E-state index in [2.05, 4.69) is 0 Å². The Bertz CT molecular complexity index is 412. The molecule has 0 N–H and O–H groups in total. The summed E-state index contributed by atoms with van der Waals surface area (Å²) in [5, 5.41) is 0. The minimum Gasteiger partial charge on any atom is -0.463 e. The van der Waals surface area contributed by atoms with E-state index in [0.29, 0.717) is 6.42 Å². The van der Waals surface area contributed by atoms with Crippen LogP contribution in [0.4, 0.5) is 0 Å². The van der Waals surface area contributed by atoms with Gasteiger partial charge in [0.15, 0.2) is 6.10 Å². The molecule has 1 heterocycles. The standard InChI is InChI=1S/C14H22O7S/c1-5-22-13-6-11(19-9(3)16)14(20-10(4)17)12(21-13)7-18-8(2)15/h11-14H,5-7H2,1-4H3/t11-,12-,13?,14+/m1/s1. The van der Waals surface area contributed by atoms with Crippen molar-refractivity contribution in [2.45, 2.75) is 57.9 Å². The number of hydrogen-bond acceptors (Lipinski definition) is 8. The van der Waals surface area contributed by atoms with E-state index in [1.165, 1.54) is 20.8 Å². The van der Waals surface area contributed by atoms with Crippen molar-refractivity contribution in [3.8, 4) is 0 Å². The van der Waals surface area contributed by atoms with Crippen LogP contribution in [0.3, 0.4) is 0 Å². The molecule has 0 aromatic carbocycles. The maximum atomic E-state index is 11.3. The first-order valence-corrected chi connectivity index (χ1v) is 8.13. The van der Waals surface area contributed by atoms with Gasteiger partial charge in [-0.3, -0.25) is 14.4 Å². The van der Waals surface area contributed by atoms with Crippen LogP contribution in [-0.4, -0.2) is 54.0 Å². The van der Waals surface area contributed by atoms with Crippen molar-refractivity contribution < 1.29 is 33.3 Å². The number of carbonyl (C=O) groups is 3. The number of hydrogen-bond donors (Lipinski definition) is 0. The van der Waals surface area contributed by atoms with E-state index in [9.17, 15) is 14.4 Å². The fourth-order valence-electron chi connectivity index (χ4n) is 2.19. The number of carbonyl (C=O) groups excluding carboxylic acids is 3. The molecule has 126 valence electrons. The molecule has 1 fully saturated rings. The summed E-state index contributed by atoms with van der Waals surface area (Å²) in [6.45, 7) is 5.76. The summed E-state index contributed by atoms with van der Waals surface area (Å²) in [7, 11) is 0. The Morgan fingerprint density at radius 3 is 2.23 bits per heavy atom. The lowest BCUT2D eigenvalue weighted by Gasteiger charge is -2.39. The third kappa shape index (κ3) is 6.23. The van der Waals surface area contributed by atoms with Gasteiger partial charge in [-0.1, -0.05) is 6.92 Å². The van der Waals surface area contributed by atoms with Crippen molar-refractivity contribution in [3.05, 3.63) is 0 Å². The Morgan fingerprint density at radius 2 is 1.73 bits per heavy atom. The zero-order valence-electron chi connectivity index (χ0n) is 13.2. The van der Waals surface area contributed by atoms with Crippen LogP contribution in [0.1, 0.15) is 34.1 Å². The maximum Gasteiger partial charge on any atom is 0.303 e. The van der Waals surface area contributed by atoms with Gasteiger partial charge in [0.25, 0.3) is 0 Å². The Kier molecular flexibility index (Phi) is 7.67. The van der Waals surface area contributed by atoms with Crippen molar-refractivity contribution in [1.29, 1.82) is 0 Å². The molecule has 0 aliphatic carbocycles. The van der Waals surface area contributed by atoms with Gasteiger partial charge in [-0.05, 0) is 5.75 Å². The molecule has 0 aromatic rings. The van der Waals surface area contributed by atoms with E-state index in [-0.39, 0.29) is 12.0 Å². The Morgan fingerprint density at radius 1 is 1.09 bits per heavy atom. The van der Waals surface area contributed by atoms with Crippen LogP contribution in [0.5, 0.6) is 0 Å². The second kappa shape index (κ2) is 8.99. The van der Waals surface area contributed by atoms with Gasteiger partial charge < -0.3 is 18.9 Å². The molecule has 7 nitrogen and oxygen atoms in total. The van der Waals surface area contributed by atoms with E-state index in [4.69, 9.17) is 18.9 Å². The number of esters is 3. The van der Waals surface area contributed by atoms with E-state index in [0.717, 1.165) is 5.75 Å². The molecule has 22 heavy (non-hydrogen) atoms. The Labute approximate surface area is 134 Å². The highest BCUT2D eigenvalue weighted by Crippen LogP contribution is 2.31. The Balaban J connectivity index is 2.89. The number of rotatable bonds is 6. The molecule has 0 bridgehead atoms. The highest BCUT2D eigenvalue weighted by molar-refractivity contribution is 7.99. The average Bonchev–Trinajstić information content (AvgIpc) is 2.38. The van der Waals surface area contributed by atoms with Gasteiger partial charge in [-0.25, -0.2) is 0 Å². The van der Waals surface area contributed by atoms with E-state index in [1.54, 1.807) is 11.8 Å². The second-order valence-corrected chi connectivity index (χ2v) is 6.26. The molecule has 0 saturated carbocycles. The zero-order valence-corrected chi connectivity index (χ0v) is 14.0. The summed E-state index contributed by atoms with van der Waals surface area (Å²) >= 11 is 1.55. The molecule has 1 saturated heterocycles. The van der Waals surface area contributed by atoms with Crippen LogP contribution < -0.4 is 0 Å². The molecule has 0 aromatic heterocycles. The van der Waals surface area contributed by atoms with Gasteiger partial charge in [-0.15, -0.1) is 11.8 Å². The third-order valence-corrected chi connectivity index (χ3v) is 3.92. The molecule has 8 heteroatoms. The summed E-state index contributed by atoms with van der Waals surface area (Å²) in [5.41, 5.74) is -0.221. The molecule has 1 rings (SSSR count). The third-order valence-electron chi connectivity index (χ3n) is 2.91. The average molecular weight is 334 g/mol. The lowest BCUT2D eigenvalue weighted by Crippen LogP contribution is -2.53. The van der Waals surface area contributed by atoms with Gasteiger partial charge in [0.05, 0.1) is 0 Å². The topological polar surface area (TPSA) is 88.1 Å². The molecule has 0 amide bonds. The van der Waals surface area contributed by atoms with Gasteiger partial charge in [0, 0.05) is 27.2 Å². The maximum absolute atomic E-state index is 11.3. The largest absolute Gasteiger partial charge is 0.463 e. The molecule has 1 unspecified atom stereocenters. The predicted molar refractivity (Wildman–Crippen MR) is 79.2 cm³/mol. The molecular formula is C14H22O7S. The summed E-state index contributed by atoms with van der Waals surface area (Å²) in [6.07, 6.45) is -1.68. The van der Waals surface area contributed by atoms with Gasteiger partial charge in [-0.2, -0.15) is 0 Å². The first-order chi connectivity index (χ1) is 10.3. The highest BCUT2D eigenvalue weighted by atomic mass is 32.2. The van der Waals surface area contributed by atoms with Crippen molar-refractivity contribution in [2.24, 2.45) is 0 Å². The SMILES string of the molecule is CCSC1C[C@@H](OC(C)=O)[C@H](OC(C)=O)[C@@H](COC(C)=O)O1. The van der Waals surface area contributed by atoms with Gasteiger partial charge >= 0.3 is 17.9 Å². The highest BCUT2D eigenvalue weighted by Gasteiger charge is 2.43. The first-order valence-electron chi connectivity index (χ1n) is 7.08. The van der Waals surface area contributed by atoms with Crippen molar-refractivity contribution in [2.75, 3.05) is 12.4 Å². The number of thioether (sulfide) groups is 1. The molecule has 4 atom stereocenters. The number of ether oxygens (including phenoxy) is 4.